The summed E-state index contributed by atoms with van der Waals surface area (Å²) in [6.45, 7) is 0. The molecule has 6 nitrogen and oxygen atoms in total. The molecule has 0 aliphatic rings. The third-order valence-corrected chi connectivity index (χ3v) is 4.01. The van der Waals surface area contributed by atoms with Crippen LogP contribution in [0.4, 0.5) is 32.0 Å². The molecule has 0 aliphatic carbocycles. The van der Waals surface area contributed by atoms with Crippen LogP contribution in [-0.2, 0) is 12.4 Å². The van der Waals surface area contributed by atoms with E-state index in [1.165, 1.54) is 18.2 Å². The Kier molecular flexibility index (Phi) is 5.37. The number of rotatable bonds is 3. The van der Waals surface area contributed by atoms with Gasteiger partial charge in [-0.1, -0.05) is 16.8 Å². The Balaban J connectivity index is 2.05. The summed E-state index contributed by atoms with van der Waals surface area (Å²) in [6.07, 6.45) is -10.2. The number of alkyl halides is 6. The average Bonchev–Trinajstić information content (AvgIpc) is 3.06. The lowest BCUT2D eigenvalue weighted by Crippen LogP contribution is -2.17. The topological polar surface area (TPSA) is 88.0 Å². The maximum absolute atomic E-state index is 13.0. The molecule has 158 valence electrons. The van der Waals surface area contributed by atoms with Gasteiger partial charge in [-0.2, -0.15) is 26.3 Å². The lowest BCUT2D eigenvalue weighted by molar-refractivity contribution is -0.143. The minimum Gasteiger partial charge on any atom is -0.321 e. The van der Waals surface area contributed by atoms with Gasteiger partial charge in [0.1, 0.15) is 0 Å². The van der Waals surface area contributed by atoms with E-state index in [-0.39, 0.29) is 40.3 Å². The zero-order chi connectivity index (χ0) is 22.3. The summed E-state index contributed by atoms with van der Waals surface area (Å²) in [6, 6.07) is 4.30. The Morgan fingerprint density at radius 1 is 1.00 bits per heavy atom. The van der Waals surface area contributed by atoms with Crippen LogP contribution < -0.4 is 11.1 Å². The van der Waals surface area contributed by atoms with Gasteiger partial charge in [0.05, 0.1) is 16.8 Å². The maximum Gasteiger partial charge on any atom is 0.439 e. The zero-order valence-corrected chi connectivity index (χ0v) is 15.0. The second kappa shape index (κ2) is 7.52. The molecule has 1 heterocycles. The van der Waals surface area contributed by atoms with Crippen molar-refractivity contribution in [2.45, 2.75) is 12.4 Å². The van der Waals surface area contributed by atoms with Crippen LogP contribution in [0.25, 0.3) is 11.4 Å². The monoisotopic (exact) mass is 451 g/mol. The first-order valence-electron chi connectivity index (χ1n) is 7.81. The Morgan fingerprint density at radius 3 is 2.10 bits per heavy atom. The van der Waals surface area contributed by atoms with E-state index in [0.717, 1.165) is 0 Å². The van der Waals surface area contributed by atoms with Crippen molar-refractivity contribution in [3.05, 3.63) is 68.7 Å². The second-order valence-electron chi connectivity index (χ2n) is 5.88. The molecule has 0 radical (unpaired) electrons. The molecule has 0 unspecified atom stereocenters. The van der Waals surface area contributed by atoms with E-state index in [0.29, 0.717) is 0 Å². The van der Waals surface area contributed by atoms with Crippen molar-refractivity contribution >= 4 is 23.2 Å². The van der Waals surface area contributed by atoms with Gasteiger partial charge < -0.3 is 5.32 Å². The van der Waals surface area contributed by atoms with Crippen LogP contribution in [0.15, 0.2) is 45.7 Å². The number of nitrogens with zero attached hydrogens (tertiary/aromatic N) is 1. The predicted molar refractivity (Wildman–Crippen MR) is 92.0 cm³/mol. The van der Waals surface area contributed by atoms with Crippen LogP contribution in [0.5, 0.6) is 0 Å². The van der Waals surface area contributed by atoms with Crippen molar-refractivity contribution in [2.75, 3.05) is 5.32 Å². The number of hydrogen-bond donors (Lipinski definition) is 2. The van der Waals surface area contributed by atoms with Gasteiger partial charge in [0.15, 0.2) is 5.82 Å². The van der Waals surface area contributed by atoms with Crippen LogP contribution in [0, 0.1) is 0 Å². The fourth-order valence-corrected chi connectivity index (χ4v) is 2.62. The Hall–Kier alpha value is -3.28. The van der Waals surface area contributed by atoms with Crippen LogP contribution >= 0.6 is 11.6 Å². The van der Waals surface area contributed by atoms with Gasteiger partial charge >= 0.3 is 18.1 Å². The highest BCUT2D eigenvalue weighted by molar-refractivity contribution is 6.31. The van der Waals surface area contributed by atoms with E-state index in [1.54, 1.807) is 0 Å². The molecule has 0 aliphatic heterocycles. The third kappa shape index (κ3) is 4.64. The number of benzene rings is 2. The highest BCUT2D eigenvalue weighted by Crippen LogP contribution is 2.37. The van der Waals surface area contributed by atoms with Gasteiger partial charge in [-0.05, 0) is 36.4 Å². The minimum atomic E-state index is -5.11. The number of H-pyrrole nitrogens is 1. The molecule has 1 aromatic heterocycles. The minimum absolute atomic E-state index is 0.0571. The normalized spacial score (nSPS) is 12.1. The maximum atomic E-state index is 13.0. The smallest absolute Gasteiger partial charge is 0.321 e. The van der Waals surface area contributed by atoms with Gasteiger partial charge in [-0.25, -0.2) is 4.79 Å². The van der Waals surface area contributed by atoms with E-state index in [2.05, 4.69) is 20.0 Å². The zero-order valence-electron chi connectivity index (χ0n) is 14.3. The molecule has 0 atom stereocenters. The highest BCUT2D eigenvalue weighted by Gasteiger charge is 2.37. The van der Waals surface area contributed by atoms with Crippen LogP contribution in [0.2, 0.25) is 5.02 Å². The summed E-state index contributed by atoms with van der Waals surface area (Å²) in [4.78, 5) is 25.8. The van der Waals surface area contributed by atoms with Crippen molar-refractivity contribution in [2.24, 2.45) is 0 Å². The predicted octanol–water partition coefficient (Wildman–Crippen LogP) is 4.97. The lowest BCUT2D eigenvalue weighted by Gasteiger charge is -2.15. The Labute approximate surface area is 167 Å². The molecule has 13 heteroatoms. The van der Waals surface area contributed by atoms with Gasteiger partial charge in [-0.3, -0.25) is 14.3 Å². The standard InChI is InChI=1S/C17H8ClF6N3O3/c18-10-1-2-11(13-26-15(29)30-27-13)12(6-10)25-14(28)7-3-8(16(19,20)21)5-9(4-7)17(22,23)24/h1-6H,(H,25,28)(H,26,27,29). The number of aromatic nitrogens is 2. The van der Waals surface area contributed by atoms with E-state index in [9.17, 15) is 35.9 Å². The molecule has 0 bridgehead atoms. The molecule has 0 spiro atoms. The second-order valence-corrected chi connectivity index (χ2v) is 6.32. The molecular formula is C17H8ClF6N3O3. The summed E-state index contributed by atoms with van der Waals surface area (Å²) in [5.41, 5.74) is -4.26. The Morgan fingerprint density at radius 2 is 1.60 bits per heavy atom. The van der Waals surface area contributed by atoms with Crippen molar-refractivity contribution in [1.82, 2.24) is 10.1 Å². The van der Waals surface area contributed by atoms with E-state index in [4.69, 9.17) is 11.6 Å². The Bertz CT molecular complexity index is 1130. The first kappa shape index (κ1) is 21.4. The van der Waals surface area contributed by atoms with Gasteiger partial charge in [-0.15, -0.1) is 0 Å². The molecule has 0 saturated heterocycles. The van der Waals surface area contributed by atoms with Crippen molar-refractivity contribution < 1.29 is 35.7 Å². The fraction of sp³-hybridized carbons (Fsp3) is 0.118. The number of carbonyl (C=O) groups excluding carboxylic acids is 1. The van der Waals surface area contributed by atoms with Gasteiger partial charge in [0.2, 0.25) is 0 Å². The van der Waals surface area contributed by atoms with Crippen molar-refractivity contribution in [3.63, 3.8) is 0 Å². The highest BCUT2D eigenvalue weighted by atomic mass is 35.5. The number of carbonyl (C=O) groups is 1. The number of nitrogens with one attached hydrogen (secondary N) is 2. The largest absolute Gasteiger partial charge is 0.439 e. The fourth-order valence-electron chi connectivity index (χ4n) is 2.45. The van der Waals surface area contributed by atoms with Gasteiger partial charge in [0.25, 0.3) is 5.91 Å². The SMILES string of the molecule is O=C(Nc1cc(Cl)ccc1-c1noc(=O)[nH]1)c1cc(C(F)(F)F)cc(C(F)(F)F)c1. The van der Waals surface area contributed by atoms with E-state index >= 15 is 0 Å². The number of anilines is 1. The van der Waals surface area contributed by atoms with Gasteiger partial charge in [0, 0.05) is 16.1 Å². The summed E-state index contributed by atoms with van der Waals surface area (Å²) in [5.74, 6) is -2.35. The number of amides is 1. The average molecular weight is 452 g/mol. The first-order valence-corrected chi connectivity index (χ1v) is 8.19. The summed E-state index contributed by atoms with van der Waals surface area (Å²) in [5, 5.41) is 5.67. The van der Waals surface area contributed by atoms with E-state index < -0.39 is 40.7 Å². The summed E-state index contributed by atoms with van der Waals surface area (Å²) >= 11 is 5.84. The molecule has 2 aromatic carbocycles. The quantitative estimate of drug-likeness (QED) is 0.550. The molecule has 3 aromatic rings. The number of aromatic amines is 1. The third-order valence-electron chi connectivity index (χ3n) is 3.78. The molecule has 3 rings (SSSR count). The molecule has 0 fully saturated rings. The number of halogens is 7. The molecule has 0 saturated carbocycles. The van der Waals surface area contributed by atoms with E-state index in [1.807, 2.05) is 0 Å². The molecule has 1 amide bonds. The summed E-state index contributed by atoms with van der Waals surface area (Å²) < 4.78 is 82.3. The molecular weight excluding hydrogens is 444 g/mol. The van der Waals surface area contributed by atoms with Crippen LogP contribution in [-0.4, -0.2) is 16.0 Å². The lowest BCUT2D eigenvalue weighted by atomic mass is 10.0. The van der Waals surface area contributed by atoms with Crippen molar-refractivity contribution in [1.29, 1.82) is 0 Å². The molecule has 2 N–H and O–H groups in total. The summed E-state index contributed by atoms with van der Waals surface area (Å²) in [7, 11) is 0. The number of hydrogen-bond acceptors (Lipinski definition) is 4. The molecule has 30 heavy (non-hydrogen) atoms. The van der Waals surface area contributed by atoms with Crippen molar-refractivity contribution in [3.8, 4) is 11.4 Å². The van der Waals surface area contributed by atoms with Crippen LogP contribution in [0.3, 0.4) is 0 Å². The first-order chi connectivity index (χ1) is 13.8. The van der Waals surface area contributed by atoms with Crippen LogP contribution in [0.1, 0.15) is 21.5 Å².